The smallest absolute Gasteiger partial charge is 0.328 e. The third-order valence-electron chi connectivity index (χ3n) is 5.85. The number of benzene rings is 2. The van der Waals surface area contributed by atoms with E-state index in [-0.39, 0.29) is 18.2 Å². The van der Waals surface area contributed by atoms with Gasteiger partial charge in [0, 0.05) is 29.9 Å². The standard InChI is InChI=1S/C26H32N4O4/c1-16(2)23(26(33)34-3)30-25(32)22(14-18-15-28-21-12-8-7-11-19(18)21)29-24(31)20(27)13-17-9-5-4-6-10-17/h4-12,15-16,20,22-23,28H,13-14,27H2,1-3H3,(H,29,31)(H,30,32)/p+1/t20-,22-,23-/m1/s1. The topological polar surface area (TPSA) is 128 Å². The fraction of sp³-hybridized carbons (Fsp3) is 0.346. The molecule has 0 saturated carbocycles. The van der Waals surface area contributed by atoms with Crippen LogP contribution in [0.1, 0.15) is 25.0 Å². The quantitative estimate of drug-likeness (QED) is 0.337. The monoisotopic (exact) mass is 465 g/mol. The number of aromatic amines is 1. The van der Waals surface area contributed by atoms with Crippen LogP contribution in [0.15, 0.2) is 60.8 Å². The van der Waals surface area contributed by atoms with Crippen molar-refractivity contribution in [1.82, 2.24) is 15.6 Å². The molecular weight excluding hydrogens is 432 g/mol. The molecule has 0 aliphatic heterocycles. The van der Waals surface area contributed by atoms with Crippen LogP contribution in [-0.2, 0) is 32.0 Å². The molecule has 0 saturated heterocycles. The molecule has 0 aliphatic carbocycles. The Hall–Kier alpha value is -3.65. The van der Waals surface area contributed by atoms with Gasteiger partial charge >= 0.3 is 5.97 Å². The summed E-state index contributed by atoms with van der Waals surface area (Å²) in [6.45, 7) is 3.64. The van der Waals surface area contributed by atoms with Gasteiger partial charge in [0.2, 0.25) is 5.91 Å². The normalized spacial score (nSPS) is 13.8. The molecule has 34 heavy (non-hydrogen) atoms. The first-order chi connectivity index (χ1) is 16.3. The predicted octanol–water partition coefficient (Wildman–Crippen LogP) is 1.36. The number of H-pyrrole nitrogens is 1. The third-order valence-corrected chi connectivity index (χ3v) is 5.85. The van der Waals surface area contributed by atoms with E-state index < -0.39 is 30.0 Å². The molecular formula is C26H33N4O4+. The maximum atomic E-state index is 13.3. The predicted molar refractivity (Wildman–Crippen MR) is 130 cm³/mol. The maximum Gasteiger partial charge on any atom is 0.328 e. The van der Waals surface area contributed by atoms with Crippen molar-refractivity contribution in [2.75, 3.05) is 7.11 Å². The highest BCUT2D eigenvalue weighted by molar-refractivity contribution is 5.93. The molecule has 0 bridgehead atoms. The molecule has 0 spiro atoms. The number of fused-ring (bicyclic) bond motifs is 1. The van der Waals surface area contributed by atoms with Crippen LogP contribution in [0.2, 0.25) is 0 Å². The number of quaternary nitrogens is 1. The van der Waals surface area contributed by atoms with Crippen LogP contribution < -0.4 is 16.4 Å². The Labute approximate surface area is 199 Å². The summed E-state index contributed by atoms with van der Waals surface area (Å²) in [6, 6.07) is 15.1. The molecule has 0 unspecified atom stereocenters. The second-order valence-electron chi connectivity index (χ2n) is 8.76. The molecule has 6 N–H and O–H groups in total. The van der Waals surface area contributed by atoms with Crippen LogP contribution in [0, 0.1) is 5.92 Å². The summed E-state index contributed by atoms with van der Waals surface area (Å²) in [6.07, 6.45) is 2.54. The van der Waals surface area contributed by atoms with E-state index in [0.29, 0.717) is 6.42 Å². The second kappa shape index (κ2) is 11.5. The molecule has 3 atom stereocenters. The van der Waals surface area contributed by atoms with Gasteiger partial charge < -0.3 is 26.1 Å². The Morgan fingerprint density at radius 1 is 0.941 bits per heavy atom. The van der Waals surface area contributed by atoms with Gasteiger partial charge in [0.15, 0.2) is 6.04 Å². The Kier molecular flexibility index (Phi) is 8.43. The van der Waals surface area contributed by atoms with Crippen molar-refractivity contribution in [3.63, 3.8) is 0 Å². The largest absolute Gasteiger partial charge is 0.467 e. The van der Waals surface area contributed by atoms with Crippen LogP contribution in [0.3, 0.4) is 0 Å². The fourth-order valence-electron chi connectivity index (χ4n) is 3.89. The van der Waals surface area contributed by atoms with Crippen molar-refractivity contribution in [3.8, 4) is 0 Å². The minimum Gasteiger partial charge on any atom is -0.467 e. The highest BCUT2D eigenvalue weighted by Crippen LogP contribution is 2.19. The number of hydrogen-bond acceptors (Lipinski definition) is 4. The first-order valence-electron chi connectivity index (χ1n) is 11.4. The zero-order valence-electron chi connectivity index (χ0n) is 19.8. The lowest BCUT2D eigenvalue weighted by molar-refractivity contribution is -0.403. The van der Waals surface area contributed by atoms with E-state index in [0.717, 1.165) is 22.0 Å². The van der Waals surface area contributed by atoms with Crippen LogP contribution in [0.5, 0.6) is 0 Å². The van der Waals surface area contributed by atoms with E-state index in [4.69, 9.17) is 4.74 Å². The van der Waals surface area contributed by atoms with Gasteiger partial charge in [-0.2, -0.15) is 0 Å². The Morgan fingerprint density at radius 3 is 2.29 bits per heavy atom. The van der Waals surface area contributed by atoms with Crippen LogP contribution in [-0.4, -0.2) is 48.0 Å². The average molecular weight is 466 g/mol. The first-order valence-corrected chi connectivity index (χ1v) is 11.4. The Balaban J connectivity index is 1.81. The van der Waals surface area contributed by atoms with E-state index in [2.05, 4.69) is 21.4 Å². The Bertz CT molecular complexity index is 1130. The zero-order chi connectivity index (χ0) is 24.7. The van der Waals surface area contributed by atoms with Gasteiger partial charge in [-0.15, -0.1) is 0 Å². The zero-order valence-corrected chi connectivity index (χ0v) is 19.8. The van der Waals surface area contributed by atoms with E-state index >= 15 is 0 Å². The number of para-hydroxylation sites is 1. The Morgan fingerprint density at radius 2 is 1.62 bits per heavy atom. The summed E-state index contributed by atoms with van der Waals surface area (Å²) >= 11 is 0. The summed E-state index contributed by atoms with van der Waals surface area (Å²) in [4.78, 5) is 41.7. The average Bonchev–Trinajstić information content (AvgIpc) is 3.24. The van der Waals surface area contributed by atoms with Gasteiger partial charge in [0.05, 0.1) is 7.11 Å². The summed E-state index contributed by atoms with van der Waals surface area (Å²) < 4.78 is 4.85. The SMILES string of the molecule is COC(=O)[C@H](NC(=O)[C@@H](Cc1c[nH]c2ccccc12)NC(=O)[C@H]([NH3+])Cc1ccccc1)C(C)C. The number of hydrogen-bond donors (Lipinski definition) is 4. The molecule has 2 aromatic carbocycles. The molecule has 1 heterocycles. The number of aromatic nitrogens is 1. The van der Waals surface area contributed by atoms with Crippen molar-refractivity contribution in [2.24, 2.45) is 5.92 Å². The molecule has 8 heteroatoms. The molecule has 180 valence electrons. The number of rotatable bonds is 10. The van der Waals surface area contributed by atoms with E-state index in [1.807, 2.05) is 74.6 Å². The second-order valence-corrected chi connectivity index (χ2v) is 8.76. The van der Waals surface area contributed by atoms with Crippen LogP contribution >= 0.6 is 0 Å². The van der Waals surface area contributed by atoms with Gasteiger partial charge in [-0.3, -0.25) is 9.59 Å². The summed E-state index contributed by atoms with van der Waals surface area (Å²) in [5.74, 6) is -1.49. The number of amides is 2. The van der Waals surface area contributed by atoms with Crippen molar-refractivity contribution < 1.29 is 24.9 Å². The highest BCUT2D eigenvalue weighted by Gasteiger charge is 2.31. The number of methoxy groups -OCH3 is 1. The molecule has 3 rings (SSSR count). The number of nitrogens with one attached hydrogen (secondary N) is 3. The summed E-state index contributed by atoms with van der Waals surface area (Å²) in [5.41, 5.74) is 6.82. The minimum absolute atomic E-state index is 0.181. The van der Waals surface area contributed by atoms with Gasteiger partial charge in [0.1, 0.15) is 12.1 Å². The third kappa shape index (κ3) is 6.23. The number of carbonyl (C=O) groups is 3. The fourth-order valence-corrected chi connectivity index (χ4v) is 3.89. The maximum absolute atomic E-state index is 13.3. The lowest BCUT2D eigenvalue weighted by atomic mass is 10.0. The van der Waals surface area contributed by atoms with Gasteiger partial charge in [-0.1, -0.05) is 62.4 Å². The van der Waals surface area contributed by atoms with E-state index in [1.165, 1.54) is 7.11 Å². The van der Waals surface area contributed by atoms with E-state index in [9.17, 15) is 14.4 Å². The van der Waals surface area contributed by atoms with Crippen molar-refractivity contribution in [3.05, 3.63) is 71.9 Å². The minimum atomic E-state index is -0.891. The van der Waals surface area contributed by atoms with Crippen molar-refractivity contribution >= 4 is 28.7 Å². The van der Waals surface area contributed by atoms with E-state index in [1.54, 1.807) is 0 Å². The van der Waals surface area contributed by atoms with Crippen molar-refractivity contribution in [2.45, 2.75) is 44.8 Å². The molecule has 0 aliphatic rings. The molecule has 8 nitrogen and oxygen atoms in total. The van der Waals surface area contributed by atoms with Crippen molar-refractivity contribution in [1.29, 1.82) is 0 Å². The summed E-state index contributed by atoms with van der Waals surface area (Å²) in [5, 5.41) is 6.60. The molecule has 0 fully saturated rings. The van der Waals surface area contributed by atoms with Gasteiger partial charge in [0.25, 0.3) is 5.91 Å². The lowest BCUT2D eigenvalue weighted by Gasteiger charge is -2.24. The lowest BCUT2D eigenvalue weighted by Crippen LogP contribution is -2.70. The van der Waals surface area contributed by atoms with Crippen LogP contribution in [0.25, 0.3) is 10.9 Å². The highest BCUT2D eigenvalue weighted by atomic mass is 16.5. The van der Waals surface area contributed by atoms with Crippen LogP contribution in [0.4, 0.5) is 0 Å². The molecule has 1 aromatic heterocycles. The molecule has 3 aromatic rings. The van der Waals surface area contributed by atoms with Gasteiger partial charge in [-0.25, -0.2) is 4.79 Å². The molecule has 0 radical (unpaired) electrons. The first kappa shape index (κ1) is 25.0. The number of carbonyl (C=O) groups excluding carboxylic acids is 3. The number of ether oxygens (including phenoxy) is 1. The van der Waals surface area contributed by atoms with Gasteiger partial charge in [-0.05, 0) is 23.1 Å². The molecule has 2 amide bonds. The number of esters is 1. The summed E-state index contributed by atoms with van der Waals surface area (Å²) in [7, 11) is 1.28.